The molecular weight excluding hydrogens is 356 g/mol. The van der Waals surface area contributed by atoms with Crippen LogP contribution in [-0.4, -0.2) is 31.6 Å². The third-order valence-corrected chi connectivity index (χ3v) is 5.70. The topological polar surface area (TPSA) is 29.5 Å². The van der Waals surface area contributed by atoms with Crippen molar-refractivity contribution in [1.82, 2.24) is 0 Å². The van der Waals surface area contributed by atoms with Gasteiger partial charge < -0.3 is 9.84 Å². The number of thioether (sulfide) groups is 1. The fraction of sp³-hybridized carbons (Fsp3) is 0.364. The van der Waals surface area contributed by atoms with Crippen LogP contribution in [0.1, 0.15) is 5.56 Å². The van der Waals surface area contributed by atoms with E-state index in [9.17, 15) is 5.11 Å². The van der Waals surface area contributed by atoms with Gasteiger partial charge in [0.05, 0.1) is 25.2 Å². The van der Waals surface area contributed by atoms with E-state index in [0.717, 1.165) is 11.3 Å². The van der Waals surface area contributed by atoms with Gasteiger partial charge in [0.25, 0.3) is 0 Å². The number of rotatable bonds is 8. The standard InChI is InChI=1S/C22H28O2SSi/c1-26(2,3)15-14-20(18-25-21-12-8-5-9-13-21)22(23)17-24-16-19-10-6-4-7-11-19/h4-13,20,22-23H,16-18H2,1-3H3/t20-,22-/m1/s1. The molecule has 0 unspecified atom stereocenters. The van der Waals surface area contributed by atoms with Gasteiger partial charge >= 0.3 is 0 Å². The van der Waals surface area contributed by atoms with Crippen LogP contribution in [0.2, 0.25) is 19.6 Å². The Balaban J connectivity index is 1.93. The Kier molecular flexibility index (Phi) is 8.47. The molecule has 26 heavy (non-hydrogen) atoms. The van der Waals surface area contributed by atoms with Crippen molar-refractivity contribution >= 4 is 19.8 Å². The van der Waals surface area contributed by atoms with Gasteiger partial charge in [0.15, 0.2) is 0 Å². The summed E-state index contributed by atoms with van der Waals surface area (Å²) in [5.74, 6) is 4.01. The Hall–Kier alpha value is -1.51. The predicted molar refractivity (Wildman–Crippen MR) is 114 cm³/mol. The van der Waals surface area contributed by atoms with E-state index in [2.05, 4.69) is 43.2 Å². The molecule has 0 bridgehead atoms. The van der Waals surface area contributed by atoms with E-state index in [0.29, 0.717) is 13.2 Å². The molecule has 1 N–H and O–H groups in total. The summed E-state index contributed by atoms with van der Waals surface area (Å²) < 4.78 is 5.73. The lowest BCUT2D eigenvalue weighted by Crippen LogP contribution is -2.28. The molecule has 0 fully saturated rings. The molecule has 0 amide bonds. The fourth-order valence-corrected chi connectivity index (χ4v) is 3.89. The Bertz CT molecular complexity index is 702. The van der Waals surface area contributed by atoms with E-state index in [1.807, 2.05) is 48.5 Å². The van der Waals surface area contributed by atoms with E-state index in [1.165, 1.54) is 4.90 Å². The van der Waals surface area contributed by atoms with Crippen LogP contribution in [0.3, 0.4) is 0 Å². The van der Waals surface area contributed by atoms with Crippen LogP contribution in [0.15, 0.2) is 65.6 Å². The Morgan fingerprint density at radius 3 is 2.23 bits per heavy atom. The van der Waals surface area contributed by atoms with Crippen molar-refractivity contribution in [3.05, 3.63) is 66.2 Å². The fourth-order valence-electron chi connectivity index (χ4n) is 2.25. The Labute approximate surface area is 163 Å². The van der Waals surface area contributed by atoms with Crippen molar-refractivity contribution in [3.8, 4) is 11.5 Å². The molecule has 0 heterocycles. The van der Waals surface area contributed by atoms with Gasteiger partial charge in [0, 0.05) is 10.6 Å². The second-order valence-corrected chi connectivity index (χ2v) is 13.2. The average molecular weight is 385 g/mol. The van der Waals surface area contributed by atoms with Crippen LogP contribution in [0, 0.1) is 17.4 Å². The predicted octanol–water partition coefficient (Wildman–Crippen LogP) is 4.85. The van der Waals surface area contributed by atoms with Gasteiger partial charge in [0.1, 0.15) is 8.07 Å². The summed E-state index contributed by atoms with van der Waals surface area (Å²) in [4.78, 5) is 1.20. The molecule has 2 aromatic carbocycles. The van der Waals surface area contributed by atoms with E-state index >= 15 is 0 Å². The number of benzene rings is 2. The Morgan fingerprint density at radius 2 is 1.62 bits per heavy atom. The average Bonchev–Trinajstić information content (AvgIpc) is 2.62. The molecule has 0 spiro atoms. The van der Waals surface area contributed by atoms with Gasteiger partial charge in [-0.1, -0.05) is 68.2 Å². The highest BCUT2D eigenvalue weighted by molar-refractivity contribution is 7.99. The third kappa shape index (κ3) is 8.24. The maximum atomic E-state index is 10.6. The van der Waals surface area contributed by atoms with Crippen molar-refractivity contribution < 1.29 is 9.84 Å². The first-order valence-electron chi connectivity index (χ1n) is 8.94. The minimum absolute atomic E-state index is 0.0947. The molecular formula is C22H28O2SSi. The quantitative estimate of drug-likeness (QED) is 0.401. The number of hydrogen-bond acceptors (Lipinski definition) is 3. The van der Waals surface area contributed by atoms with Gasteiger partial charge in [0.2, 0.25) is 0 Å². The number of aliphatic hydroxyl groups is 1. The lowest BCUT2D eigenvalue weighted by Gasteiger charge is -2.19. The number of ether oxygens (including phenoxy) is 1. The first-order valence-corrected chi connectivity index (χ1v) is 13.4. The van der Waals surface area contributed by atoms with Crippen molar-refractivity contribution in [2.75, 3.05) is 12.4 Å². The van der Waals surface area contributed by atoms with Crippen LogP contribution >= 0.6 is 11.8 Å². The van der Waals surface area contributed by atoms with Gasteiger partial charge in [-0.05, 0) is 17.7 Å². The van der Waals surface area contributed by atoms with Gasteiger partial charge in [-0.2, -0.15) is 0 Å². The smallest absolute Gasteiger partial charge is 0.129 e. The van der Waals surface area contributed by atoms with Crippen LogP contribution in [-0.2, 0) is 11.3 Å². The minimum Gasteiger partial charge on any atom is -0.389 e. The molecule has 0 saturated heterocycles. The van der Waals surface area contributed by atoms with Gasteiger partial charge in [-0.15, -0.1) is 23.2 Å². The highest BCUT2D eigenvalue weighted by atomic mass is 32.2. The highest BCUT2D eigenvalue weighted by Crippen LogP contribution is 2.22. The number of hydrogen-bond donors (Lipinski definition) is 1. The highest BCUT2D eigenvalue weighted by Gasteiger charge is 2.19. The molecule has 2 rings (SSSR count). The molecule has 0 radical (unpaired) electrons. The SMILES string of the molecule is C[Si](C)(C)C#C[C@H](CSc1ccccc1)[C@H](O)COCc1ccccc1. The first kappa shape index (κ1) is 20.8. The van der Waals surface area contributed by atoms with Crippen molar-refractivity contribution in [1.29, 1.82) is 0 Å². The monoisotopic (exact) mass is 384 g/mol. The second kappa shape index (κ2) is 10.6. The van der Waals surface area contributed by atoms with Gasteiger partial charge in [-0.25, -0.2) is 0 Å². The molecule has 138 valence electrons. The first-order chi connectivity index (χ1) is 12.4. The van der Waals surface area contributed by atoms with E-state index in [4.69, 9.17) is 4.74 Å². The van der Waals surface area contributed by atoms with Crippen molar-refractivity contribution in [2.45, 2.75) is 37.2 Å². The van der Waals surface area contributed by atoms with E-state index in [-0.39, 0.29) is 5.92 Å². The lowest BCUT2D eigenvalue weighted by atomic mass is 10.1. The zero-order valence-electron chi connectivity index (χ0n) is 15.8. The molecule has 0 aliphatic carbocycles. The lowest BCUT2D eigenvalue weighted by molar-refractivity contribution is 0.0143. The van der Waals surface area contributed by atoms with Crippen LogP contribution in [0.25, 0.3) is 0 Å². The Morgan fingerprint density at radius 1 is 1.00 bits per heavy atom. The summed E-state index contributed by atoms with van der Waals surface area (Å²) in [6, 6.07) is 20.3. The second-order valence-electron chi connectivity index (χ2n) is 7.32. The largest absolute Gasteiger partial charge is 0.389 e. The normalized spacial score (nSPS) is 13.5. The van der Waals surface area contributed by atoms with Crippen LogP contribution < -0.4 is 0 Å². The molecule has 0 saturated carbocycles. The molecule has 0 aliphatic rings. The van der Waals surface area contributed by atoms with Crippen molar-refractivity contribution in [3.63, 3.8) is 0 Å². The third-order valence-electron chi connectivity index (χ3n) is 3.67. The zero-order chi connectivity index (χ0) is 18.8. The summed E-state index contributed by atoms with van der Waals surface area (Å²) in [5, 5.41) is 10.6. The van der Waals surface area contributed by atoms with E-state index in [1.54, 1.807) is 11.8 Å². The molecule has 4 heteroatoms. The number of aliphatic hydroxyl groups excluding tert-OH is 1. The van der Waals surface area contributed by atoms with Gasteiger partial charge in [-0.3, -0.25) is 0 Å². The molecule has 2 nitrogen and oxygen atoms in total. The van der Waals surface area contributed by atoms with Crippen molar-refractivity contribution in [2.24, 2.45) is 5.92 Å². The summed E-state index contributed by atoms with van der Waals surface area (Å²) in [7, 11) is -1.48. The summed E-state index contributed by atoms with van der Waals surface area (Å²) in [6.07, 6.45) is -0.584. The zero-order valence-corrected chi connectivity index (χ0v) is 17.6. The summed E-state index contributed by atoms with van der Waals surface area (Å²) in [5.41, 5.74) is 4.52. The molecule has 2 atom stereocenters. The van der Waals surface area contributed by atoms with E-state index < -0.39 is 14.2 Å². The minimum atomic E-state index is -1.48. The molecule has 0 aliphatic heterocycles. The maximum absolute atomic E-state index is 10.6. The maximum Gasteiger partial charge on any atom is 0.129 e. The summed E-state index contributed by atoms with van der Waals surface area (Å²) in [6.45, 7) is 7.48. The molecule has 0 aromatic heterocycles. The molecule has 2 aromatic rings. The van der Waals surface area contributed by atoms with Crippen LogP contribution in [0.4, 0.5) is 0 Å². The summed E-state index contributed by atoms with van der Waals surface area (Å²) >= 11 is 1.73. The van der Waals surface area contributed by atoms with Crippen LogP contribution in [0.5, 0.6) is 0 Å².